The third kappa shape index (κ3) is 2.32. The number of carbonyl (C=O) groups is 1. The lowest BCUT2D eigenvalue weighted by molar-refractivity contribution is -0.120. The van der Waals surface area contributed by atoms with E-state index in [4.69, 9.17) is 10.2 Å². The zero-order chi connectivity index (χ0) is 10.8. The molecular weight excluding hydrogens is 182 g/mol. The van der Waals surface area contributed by atoms with Gasteiger partial charge in [0.2, 0.25) is 5.91 Å². The Balaban J connectivity index is 2.66. The lowest BCUT2D eigenvalue weighted by Crippen LogP contribution is -2.47. The number of nitrogens with two attached hydrogens (primary N) is 1. The molecule has 0 aliphatic rings. The van der Waals surface area contributed by atoms with Crippen LogP contribution >= 0.6 is 0 Å². The topological polar surface area (TPSA) is 81.2 Å². The molecule has 5 heteroatoms. The number of aryl methyl sites for hydroxylation is 1. The van der Waals surface area contributed by atoms with Gasteiger partial charge in [0.25, 0.3) is 0 Å². The first kappa shape index (κ1) is 10.7. The number of carbonyl (C=O) groups excluding carboxylic acids is 1. The van der Waals surface area contributed by atoms with Crippen molar-refractivity contribution in [1.82, 2.24) is 4.98 Å². The van der Waals surface area contributed by atoms with Crippen LogP contribution in [0, 0.1) is 6.92 Å². The Morgan fingerprint density at radius 3 is 2.86 bits per heavy atom. The summed E-state index contributed by atoms with van der Waals surface area (Å²) in [5.41, 5.74) is 5.56. The minimum atomic E-state index is -0.887. The number of oxazole rings is 1. The molecule has 1 rings (SSSR count). The van der Waals surface area contributed by atoms with Gasteiger partial charge in [0.15, 0.2) is 0 Å². The van der Waals surface area contributed by atoms with Gasteiger partial charge in [0.05, 0.1) is 11.2 Å². The first-order valence-electron chi connectivity index (χ1n) is 4.48. The van der Waals surface area contributed by atoms with E-state index < -0.39 is 5.54 Å². The van der Waals surface area contributed by atoms with Crippen molar-refractivity contribution >= 4 is 11.9 Å². The fourth-order valence-corrected chi connectivity index (χ4v) is 0.812. The predicted octanol–water partition coefficient (Wildman–Crippen LogP) is 1.05. The molecule has 1 amide bonds. The van der Waals surface area contributed by atoms with Gasteiger partial charge < -0.3 is 10.2 Å². The predicted molar refractivity (Wildman–Crippen MR) is 52.8 cm³/mol. The summed E-state index contributed by atoms with van der Waals surface area (Å²) in [5.74, 6) is -0.290. The molecule has 1 unspecified atom stereocenters. The fourth-order valence-electron chi connectivity index (χ4n) is 0.812. The van der Waals surface area contributed by atoms with Crippen molar-refractivity contribution in [2.45, 2.75) is 32.7 Å². The number of nitrogens with zero attached hydrogens (tertiary/aromatic N) is 1. The average Bonchev–Trinajstić information content (AvgIpc) is 2.51. The van der Waals surface area contributed by atoms with Gasteiger partial charge in [-0.1, -0.05) is 6.92 Å². The van der Waals surface area contributed by atoms with Crippen molar-refractivity contribution < 1.29 is 9.21 Å². The number of hydrogen-bond acceptors (Lipinski definition) is 4. The second-order valence-electron chi connectivity index (χ2n) is 3.52. The first-order chi connectivity index (χ1) is 6.45. The molecule has 0 radical (unpaired) electrons. The molecule has 0 aromatic carbocycles. The Labute approximate surface area is 82.7 Å². The van der Waals surface area contributed by atoms with E-state index in [1.165, 1.54) is 6.26 Å². The maximum Gasteiger partial charge on any atom is 0.301 e. The van der Waals surface area contributed by atoms with Crippen molar-refractivity contribution in [2.24, 2.45) is 5.73 Å². The maximum atomic E-state index is 11.5. The van der Waals surface area contributed by atoms with Crippen LogP contribution in [0.25, 0.3) is 0 Å². The van der Waals surface area contributed by atoms with Gasteiger partial charge in [-0.3, -0.25) is 10.1 Å². The summed E-state index contributed by atoms with van der Waals surface area (Å²) in [5, 5.41) is 2.51. The summed E-state index contributed by atoms with van der Waals surface area (Å²) >= 11 is 0. The van der Waals surface area contributed by atoms with Gasteiger partial charge in [-0.25, -0.2) is 0 Å². The van der Waals surface area contributed by atoms with Crippen molar-refractivity contribution in [3.05, 3.63) is 12.0 Å². The minimum Gasteiger partial charge on any atom is -0.432 e. The Bertz CT molecular complexity index is 331. The van der Waals surface area contributed by atoms with Gasteiger partial charge in [0.1, 0.15) is 6.26 Å². The molecule has 0 saturated carbocycles. The molecule has 78 valence electrons. The van der Waals surface area contributed by atoms with E-state index in [-0.39, 0.29) is 11.9 Å². The second kappa shape index (κ2) is 3.79. The summed E-state index contributed by atoms with van der Waals surface area (Å²) in [7, 11) is 0. The molecule has 1 heterocycles. The highest BCUT2D eigenvalue weighted by Crippen LogP contribution is 2.11. The highest BCUT2D eigenvalue weighted by molar-refractivity contribution is 5.96. The molecule has 1 atom stereocenters. The number of anilines is 1. The van der Waals surface area contributed by atoms with Gasteiger partial charge in [-0.15, -0.1) is 0 Å². The summed E-state index contributed by atoms with van der Waals surface area (Å²) < 4.78 is 4.98. The molecule has 0 saturated heterocycles. The molecular formula is C9H15N3O2. The van der Waals surface area contributed by atoms with Crippen LogP contribution in [0.4, 0.5) is 6.01 Å². The van der Waals surface area contributed by atoms with E-state index in [1.54, 1.807) is 13.8 Å². The third-order valence-corrected chi connectivity index (χ3v) is 2.09. The number of hydrogen-bond donors (Lipinski definition) is 2. The van der Waals surface area contributed by atoms with Crippen LogP contribution < -0.4 is 11.1 Å². The maximum absolute atomic E-state index is 11.5. The van der Waals surface area contributed by atoms with Crippen molar-refractivity contribution in [3.8, 4) is 0 Å². The Kier molecular flexibility index (Phi) is 2.90. The van der Waals surface area contributed by atoms with Crippen LogP contribution in [-0.4, -0.2) is 16.4 Å². The highest BCUT2D eigenvalue weighted by Gasteiger charge is 2.26. The van der Waals surface area contributed by atoms with Gasteiger partial charge >= 0.3 is 6.01 Å². The zero-order valence-electron chi connectivity index (χ0n) is 8.63. The summed E-state index contributed by atoms with van der Waals surface area (Å²) in [6, 6.07) is 0.192. The monoisotopic (exact) mass is 197 g/mol. The largest absolute Gasteiger partial charge is 0.432 e. The normalized spacial score (nSPS) is 14.9. The van der Waals surface area contributed by atoms with E-state index in [1.807, 2.05) is 6.92 Å². The number of nitrogens with one attached hydrogen (secondary N) is 1. The number of rotatable bonds is 3. The smallest absolute Gasteiger partial charge is 0.301 e. The van der Waals surface area contributed by atoms with Crippen molar-refractivity contribution in [1.29, 1.82) is 0 Å². The first-order valence-corrected chi connectivity index (χ1v) is 4.48. The molecule has 14 heavy (non-hydrogen) atoms. The van der Waals surface area contributed by atoms with Gasteiger partial charge in [-0.05, 0) is 20.3 Å². The number of aromatic nitrogens is 1. The van der Waals surface area contributed by atoms with E-state index in [2.05, 4.69) is 10.3 Å². The lowest BCUT2D eigenvalue weighted by atomic mass is 10.00. The van der Waals surface area contributed by atoms with E-state index in [9.17, 15) is 4.79 Å². The highest BCUT2D eigenvalue weighted by atomic mass is 16.4. The number of amides is 1. The Hall–Kier alpha value is -1.36. The summed E-state index contributed by atoms with van der Waals surface area (Å²) in [6.07, 6.45) is 2.02. The van der Waals surface area contributed by atoms with Gasteiger partial charge in [0, 0.05) is 0 Å². The van der Waals surface area contributed by atoms with Crippen LogP contribution in [0.5, 0.6) is 0 Å². The third-order valence-electron chi connectivity index (χ3n) is 2.09. The molecule has 0 bridgehead atoms. The molecule has 5 nitrogen and oxygen atoms in total. The standard InChI is InChI=1S/C9H15N3O2/c1-4-9(3,10)7(13)12-8-11-6(2)5-14-8/h5H,4,10H2,1-3H3,(H,11,12,13). The van der Waals surface area contributed by atoms with Crippen molar-refractivity contribution in [2.75, 3.05) is 5.32 Å². The SMILES string of the molecule is CCC(C)(N)C(=O)Nc1nc(C)co1. The second-order valence-corrected chi connectivity index (χ2v) is 3.52. The minimum absolute atomic E-state index is 0.192. The Morgan fingerprint density at radius 2 is 2.43 bits per heavy atom. The van der Waals surface area contributed by atoms with Crippen LogP contribution in [0.1, 0.15) is 26.0 Å². The van der Waals surface area contributed by atoms with E-state index in [0.29, 0.717) is 6.42 Å². The molecule has 1 aromatic heterocycles. The molecule has 0 aliphatic carbocycles. The quantitative estimate of drug-likeness (QED) is 0.758. The van der Waals surface area contributed by atoms with Crippen LogP contribution in [-0.2, 0) is 4.79 Å². The average molecular weight is 197 g/mol. The van der Waals surface area contributed by atoms with Crippen LogP contribution in [0.2, 0.25) is 0 Å². The van der Waals surface area contributed by atoms with Crippen molar-refractivity contribution in [3.63, 3.8) is 0 Å². The fraction of sp³-hybridized carbons (Fsp3) is 0.556. The molecule has 1 aromatic rings. The Morgan fingerprint density at radius 1 is 1.79 bits per heavy atom. The molecule has 0 spiro atoms. The molecule has 3 N–H and O–H groups in total. The lowest BCUT2D eigenvalue weighted by Gasteiger charge is -2.19. The van der Waals surface area contributed by atoms with Gasteiger partial charge in [-0.2, -0.15) is 4.98 Å². The summed E-state index contributed by atoms with van der Waals surface area (Å²) in [6.45, 7) is 5.29. The van der Waals surface area contributed by atoms with Crippen LogP contribution in [0.15, 0.2) is 10.7 Å². The van der Waals surface area contributed by atoms with E-state index >= 15 is 0 Å². The van der Waals surface area contributed by atoms with Crippen LogP contribution in [0.3, 0.4) is 0 Å². The molecule has 0 aliphatic heterocycles. The zero-order valence-corrected chi connectivity index (χ0v) is 8.63. The summed E-state index contributed by atoms with van der Waals surface area (Å²) in [4.78, 5) is 15.5. The molecule has 0 fully saturated rings. The van der Waals surface area contributed by atoms with E-state index in [0.717, 1.165) is 5.69 Å².